The lowest BCUT2D eigenvalue weighted by Gasteiger charge is -2.46. The molecule has 2 aliphatic heterocycles. The Balaban J connectivity index is 1.09. The van der Waals surface area contributed by atoms with Gasteiger partial charge >= 0.3 is 0 Å². The molecule has 1 aliphatic carbocycles. The predicted molar refractivity (Wildman–Crippen MR) is 119 cm³/mol. The van der Waals surface area contributed by atoms with Crippen LogP contribution in [0.2, 0.25) is 0 Å². The first-order chi connectivity index (χ1) is 15.6. The van der Waals surface area contributed by atoms with E-state index >= 15 is 0 Å². The lowest BCUT2D eigenvalue weighted by Crippen LogP contribution is -2.51. The van der Waals surface area contributed by atoms with Crippen LogP contribution in [-0.4, -0.2) is 53.4 Å². The maximum absolute atomic E-state index is 12.8. The molecule has 2 aromatic rings. The standard InChI is InChI=1S/C25H33N3O4/c1-30-21-7-2-18(3-8-21)4-9-23(29)28-13-11-25(12-14-28)17-19(10-15-31-25)16-22-26-24(27-32-22)20-5-6-20/h2-3,7-8,19-20H,4-6,9-17H2,1H3. The van der Waals surface area contributed by atoms with Crippen LogP contribution in [-0.2, 0) is 22.4 Å². The molecule has 3 heterocycles. The highest BCUT2D eigenvalue weighted by atomic mass is 16.5. The molecule has 0 N–H and O–H groups in total. The van der Waals surface area contributed by atoms with E-state index in [1.165, 1.54) is 12.8 Å². The lowest BCUT2D eigenvalue weighted by atomic mass is 9.78. The zero-order valence-corrected chi connectivity index (χ0v) is 18.9. The van der Waals surface area contributed by atoms with Gasteiger partial charge in [-0.05, 0) is 68.6 Å². The normalized spacial score (nSPS) is 22.8. The number of carbonyl (C=O) groups is 1. The number of rotatable bonds is 7. The van der Waals surface area contributed by atoms with Gasteiger partial charge in [0, 0.05) is 38.5 Å². The van der Waals surface area contributed by atoms with Crippen molar-refractivity contribution in [3.8, 4) is 5.75 Å². The summed E-state index contributed by atoms with van der Waals surface area (Å²) in [5.41, 5.74) is 1.06. The van der Waals surface area contributed by atoms with Crippen LogP contribution in [0, 0.1) is 5.92 Å². The molecule has 1 spiro atoms. The summed E-state index contributed by atoms with van der Waals surface area (Å²) in [5, 5.41) is 4.16. The SMILES string of the molecule is COc1ccc(CCC(=O)N2CCC3(CC2)CC(Cc2nc(C4CC4)no2)CCO3)cc1. The first-order valence-corrected chi connectivity index (χ1v) is 12.0. The molecule has 7 nitrogen and oxygen atoms in total. The van der Waals surface area contributed by atoms with E-state index in [1.807, 2.05) is 29.2 Å². The molecule has 3 aliphatic rings. The van der Waals surface area contributed by atoms with Crippen LogP contribution in [0.1, 0.15) is 68.1 Å². The van der Waals surface area contributed by atoms with Crippen molar-refractivity contribution in [3.05, 3.63) is 41.5 Å². The number of hydrogen-bond donors (Lipinski definition) is 0. The number of piperidine rings is 1. The van der Waals surface area contributed by atoms with Gasteiger partial charge < -0.3 is 18.9 Å². The van der Waals surface area contributed by atoms with Crippen molar-refractivity contribution in [2.24, 2.45) is 5.92 Å². The number of methoxy groups -OCH3 is 1. The number of nitrogens with zero attached hydrogens (tertiary/aromatic N) is 3. The van der Waals surface area contributed by atoms with E-state index in [0.717, 1.165) is 81.2 Å². The van der Waals surface area contributed by atoms with Crippen LogP contribution in [0.4, 0.5) is 0 Å². The average molecular weight is 440 g/mol. The Hall–Kier alpha value is -2.41. The predicted octanol–water partition coefficient (Wildman–Crippen LogP) is 3.92. The van der Waals surface area contributed by atoms with Crippen LogP contribution in [0.25, 0.3) is 0 Å². The van der Waals surface area contributed by atoms with Crippen molar-refractivity contribution in [1.29, 1.82) is 0 Å². The summed E-state index contributed by atoms with van der Waals surface area (Å²) in [6.07, 6.45) is 8.40. The van der Waals surface area contributed by atoms with Gasteiger partial charge in [0.1, 0.15) is 5.75 Å². The van der Waals surface area contributed by atoms with Crippen LogP contribution in [0.3, 0.4) is 0 Å². The molecular weight excluding hydrogens is 406 g/mol. The van der Waals surface area contributed by atoms with Crippen molar-refractivity contribution in [2.45, 2.75) is 69.3 Å². The fourth-order valence-electron chi connectivity index (χ4n) is 5.12. The first-order valence-electron chi connectivity index (χ1n) is 12.0. The Morgan fingerprint density at radius 2 is 1.97 bits per heavy atom. The molecule has 1 saturated carbocycles. The van der Waals surface area contributed by atoms with Gasteiger partial charge in [-0.1, -0.05) is 17.3 Å². The quantitative estimate of drug-likeness (QED) is 0.651. The summed E-state index contributed by atoms with van der Waals surface area (Å²) in [6.45, 7) is 2.33. The largest absolute Gasteiger partial charge is 0.497 e. The molecule has 172 valence electrons. The summed E-state index contributed by atoms with van der Waals surface area (Å²) >= 11 is 0. The molecule has 0 radical (unpaired) electrons. The van der Waals surface area contributed by atoms with Crippen molar-refractivity contribution >= 4 is 5.91 Å². The van der Waals surface area contributed by atoms with Crippen LogP contribution < -0.4 is 4.74 Å². The first kappa shape index (κ1) is 21.4. The minimum Gasteiger partial charge on any atom is -0.497 e. The van der Waals surface area contributed by atoms with Crippen molar-refractivity contribution < 1.29 is 18.8 Å². The monoisotopic (exact) mass is 439 g/mol. The number of aromatic nitrogens is 2. The van der Waals surface area contributed by atoms with Gasteiger partial charge in [0.05, 0.1) is 12.7 Å². The third-order valence-electron chi connectivity index (χ3n) is 7.30. The number of carbonyl (C=O) groups excluding carboxylic acids is 1. The number of likely N-dealkylation sites (tertiary alicyclic amines) is 1. The van der Waals surface area contributed by atoms with Gasteiger partial charge in [0.15, 0.2) is 5.82 Å². The summed E-state index contributed by atoms with van der Waals surface area (Å²) in [6, 6.07) is 7.96. The Morgan fingerprint density at radius 1 is 1.19 bits per heavy atom. The molecule has 1 atom stereocenters. The molecule has 32 heavy (non-hydrogen) atoms. The fourth-order valence-corrected chi connectivity index (χ4v) is 5.12. The van der Waals surface area contributed by atoms with E-state index in [4.69, 9.17) is 14.0 Å². The molecule has 1 aromatic heterocycles. The Bertz CT molecular complexity index is 914. The molecule has 0 bridgehead atoms. The van der Waals surface area contributed by atoms with Crippen molar-refractivity contribution in [1.82, 2.24) is 15.0 Å². The average Bonchev–Trinajstić information content (AvgIpc) is 3.57. The number of hydrogen-bond acceptors (Lipinski definition) is 6. The van der Waals surface area contributed by atoms with E-state index < -0.39 is 0 Å². The molecule has 1 unspecified atom stereocenters. The van der Waals surface area contributed by atoms with Gasteiger partial charge in [-0.15, -0.1) is 0 Å². The Kier molecular flexibility index (Phi) is 6.17. The fraction of sp³-hybridized carbons (Fsp3) is 0.640. The Labute approximate surface area is 189 Å². The van der Waals surface area contributed by atoms with Gasteiger partial charge in [-0.25, -0.2) is 0 Å². The second kappa shape index (κ2) is 9.22. The number of benzene rings is 1. The van der Waals surface area contributed by atoms with Gasteiger partial charge in [-0.3, -0.25) is 4.79 Å². The maximum Gasteiger partial charge on any atom is 0.226 e. The van der Waals surface area contributed by atoms with E-state index in [9.17, 15) is 4.79 Å². The molecule has 1 aromatic carbocycles. The van der Waals surface area contributed by atoms with Crippen LogP contribution >= 0.6 is 0 Å². The minimum absolute atomic E-state index is 0.102. The maximum atomic E-state index is 12.8. The van der Waals surface area contributed by atoms with Gasteiger partial charge in [0.25, 0.3) is 0 Å². The number of amides is 1. The van der Waals surface area contributed by atoms with Crippen molar-refractivity contribution in [2.75, 3.05) is 26.8 Å². The third-order valence-corrected chi connectivity index (χ3v) is 7.30. The molecular formula is C25H33N3O4. The highest BCUT2D eigenvalue weighted by Crippen LogP contribution is 2.40. The lowest BCUT2D eigenvalue weighted by molar-refractivity contribution is -0.147. The van der Waals surface area contributed by atoms with E-state index in [1.54, 1.807) is 7.11 Å². The second-order valence-corrected chi connectivity index (χ2v) is 9.64. The zero-order valence-electron chi connectivity index (χ0n) is 18.9. The molecule has 5 rings (SSSR count). The van der Waals surface area contributed by atoms with E-state index in [-0.39, 0.29) is 11.5 Å². The number of aryl methyl sites for hydroxylation is 1. The number of ether oxygens (including phenoxy) is 2. The van der Waals surface area contributed by atoms with Gasteiger partial charge in [0.2, 0.25) is 11.8 Å². The van der Waals surface area contributed by atoms with Crippen molar-refractivity contribution in [3.63, 3.8) is 0 Å². The van der Waals surface area contributed by atoms with Crippen LogP contribution in [0.15, 0.2) is 28.8 Å². The molecule has 2 saturated heterocycles. The highest BCUT2D eigenvalue weighted by Gasteiger charge is 2.41. The summed E-state index contributed by atoms with van der Waals surface area (Å²) < 4.78 is 17.0. The highest BCUT2D eigenvalue weighted by molar-refractivity contribution is 5.76. The second-order valence-electron chi connectivity index (χ2n) is 9.64. The molecule has 3 fully saturated rings. The minimum atomic E-state index is -0.102. The molecule has 1 amide bonds. The van der Waals surface area contributed by atoms with Gasteiger partial charge in [-0.2, -0.15) is 4.98 Å². The van der Waals surface area contributed by atoms with Crippen LogP contribution in [0.5, 0.6) is 5.75 Å². The van der Waals surface area contributed by atoms with E-state index in [2.05, 4.69) is 10.1 Å². The third kappa shape index (κ3) is 4.98. The molecule has 7 heteroatoms. The summed E-state index contributed by atoms with van der Waals surface area (Å²) in [5.74, 6) is 3.79. The summed E-state index contributed by atoms with van der Waals surface area (Å²) in [4.78, 5) is 19.4. The smallest absolute Gasteiger partial charge is 0.226 e. The Morgan fingerprint density at radius 3 is 2.69 bits per heavy atom. The zero-order chi connectivity index (χ0) is 22.0. The summed E-state index contributed by atoms with van der Waals surface area (Å²) in [7, 11) is 1.66. The van der Waals surface area contributed by atoms with E-state index in [0.29, 0.717) is 18.3 Å². The topological polar surface area (TPSA) is 77.7 Å².